The van der Waals surface area contributed by atoms with Crippen molar-refractivity contribution in [2.45, 2.75) is 6.61 Å². The number of benzene rings is 4. The summed E-state index contributed by atoms with van der Waals surface area (Å²) >= 11 is 0. The number of aromatic nitrogens is 5. The topological polar surface area (TPSA) is 98.6 Å². The zero-order valence-corrected chi connectivity index (χ0v) is 21.6. The Kier molecular flexibility index (Phi) is 6.86. The first-order chi connectivity index (χ1) is 20.1. The third kappa shape index (κ3) is 5.48. The predicted octanol–water partition coefficient (Wildman–Crippen LogP) is 5.73. The summed E-state index contributed by atoms with van der Waals surface area (Å²) in [6.07, 6.45) is 5.28. The average molecular weight is 541 g/mol. The van der Waals surface area contributed by atoms with Crippen molar-refractivity contribution in [3.05, 3.63) is 142 Å². The second kappa shape index (κ2) is 11.1. The lowest BCUT2D eigenvalue weighted by Crippen LogP contribution is -2.22. The summed E-state index contributed by atoms with van der Waals surface area (Å²) in [5.74, 6) is 0.593. The molecule has 0 atom stereocenters. The highest BCUT2D eigenvalue weighted by molar-refractivity contribution is 5.80. The Morgan fingerprint density at radius 2 is 1.71 bits per heavy atom. The van der Waals surface area contributed by atoms with Gasteiger partial charge in [-0.2, -0.15) is 5.26 Å². The van der Waals surface area contributed by atoms with Crippen molar-refractivity contribution in [1.29, 1.82) is 5.26 Å². The van der Waals surface area contributed by atoms with E-state index < -0.39 is 0 Å². The van der Waals surface area contributed by atoms with E-state index in [-0.39, 0.29) is 18.0 Å². The second-order valence-electron chi connectivity index (χ2n) is 9.12. The van der Waals surface area contributed by atoms with E-state index >= 15 is 0 Å². The molecule has 0 radical (unpaired) electrons. The van der Waals surface area contributed by atoms with Crippen LogP contribution in [0.1, 0.15) is 22.6 Å². The molecule has 0 aliphatic carbocycles. The van der Waals surface area contributed by atoms with E-state index in [0.29, 0.717) is 45.1 Å². The maximum Gasteiger partial charge on any atom is 0.266 e. The monoisotopic (exact) mass is 540 g/mol. The molecule has 0 bridgehead atoms. The normalized spacial score (nSPS) is 11.1. The average Bonchev–Trinajstić information content (AvgIpc) is 3.49. The van der Waals surface area contributed by atoms with Gasteiger partial charge in [0.1, 0.15) is 29.7 Å². The number of nitrogens with zero attached hydrogens (tertiary/aromatic N) is 6. The van der Waals surface area contributed by atoms with Crippen molar-refractivity contribution in [3.8, 4) is 23.2 Å². The van der Waals surface area contributed by atoms with Crippen LogP contribution in [0.3, 0.4) is 0 Å². The molecule has 6 rings (SSSR count). The minimum Gasteiger partial charge on any atom is -0.487 e. The third-order valence-electron chi connectivity index (χ3n) is 6.34. The van der Waals surface area contributed by atoms with Gasteiger partial charge in [0.2, 0.25) is 0 Å². The van der Waals surface area contributed by atoms with Crippen molar-refractivity contribution >= 4 is 23.1 Å². The van der Waals surface area contributed by atoms with Crippen LogP contribution in [0.4, 0.5) is 4.39 Å². The van der Waals surface area contributed by atoms with Crippen molar-refractivity contribution in [1.82, 2.24) is 24.5 Å². The molecule has 4 aromatic carbocycles. The zero-order chi connectivity index (χ0) is 28.2. The molecule has 41 heavy (non-hydrogen) atoms. The fourth-order valence-corrected chi connectivity index (χ4v) is 4.33. The number of hydrogen-bond donors (Lipinski definition) is 0. The smallest absolute Gasteiger partial charge is 0.266 e. The number of ether oxygens (including phenoxy) is 1. The minimum atomic E-state index is -0.364. The van der Waals surface area contributed by atoms with Gasteiger partial charge in [0.05, 0.1) is 40.1 Å². The first-order valence-corrected chi connectivity index (χ1v) is 12.7. The summed E-state index contributed by atoms with van der Waals surface area (Å²) in [7, 11) is 0. The highest BCUT2D eigenvalue weighted by Crippen LogP contribution is 2.21. The van der Waals surface area contributed by atoms with Gasteiger partial charge >= 0.3 is 0 Å². The van der Waals surface area contributed by atoms with Gasteiger partial charge < -0.3 is 4.74 Å². The van der Waals surface area contributed by atoms with Crippen molar-refractivity contribution in [2.75, 3.05) is 0 Å². The number of hydrogen-bond acceptors (Lipinski definition) is 6. The molecule has 0 fully saturated rings. The Hall–Kier alpha value is -5.88. The van der Waals surface area contributed by atoms with Gasteiger partial charge in [0.15, 0.2) is 0 Å². The molecule has 2 heterocycles. The molecule has 2 aromatic heterocycles. The van der Waals surface area contributed by atoms with Crippen LogP contribution < -0.4 is 10.3 Å². The summed E-state index contributed by atoms with van der Waals surface area (Å²) in [6, 6.07) is 29.6. The number of rotatable bonds is 7. The summed E-state index contributed by atoms with van der Waals surface area (Å²) < 4.78 is 22.6. The van der Waals surface area contributed by atoms with Crippen LogP contribution in [0.2, 0.25) is 0 Å². The van der Waals surface area contributed by atoms with Crippen LogP contribution in [-0.4, -0.2) is 24.5 Å². The molecule has 0 spiro atoms. The van der Waals surface area contributed by atoms with E-state index in [1.165, 1.54) is 21.4 Å². The highest BCUT2D eigenvalue weighted by Gasteiger charge is 2.12. The van der Waals surface area contributed by atoms with Crippen molar-refractivity contribution in [2.24, 2.45) is 0 Å². The fraction of sp³-hybridized carbons (Fsp3) is 0.0312. The molecule has 0 saturated carbocycles. The van der Waals surface area contributed by atoms with Gasteiger partial charge in [-0.25, -0.2) is 14.1 Å². The van der Waals surface area contributed by atoms with Crippen LogP contribution in [0.15, 0.2) is 108 Å². The minimum absolute atomic E-state index is 0.120. The summed E-state index contributed by atoms with van der Waals surface area (Å²) in [4.78, 5) is 18.4. The van der Waals surface area contributed by atoms with Crippen LogP contribution in [0.25, 0.3) is 34.4 Å². The molecule has 0 aliphatic rings. The molecule has 0 N–H and O–H groups in total. The SMILES string of the molecule is N#Cc1ccc(/C=C/c2nc3ccccc3c(=O)n2-c2cccc(OCc3cn(-c4cccc(F)c4)nn3)c2)cc1. The van der Waals surface area contributed by atoms with Crippen LogP contribution in [0, 0.1) is 17.1 Å². The molecule has 8 nitrogen and oxygen atoms in total. The van der Waals surface area contributed by atoms with Crippen LogP contribution in [-0.2, 0) is 6.61 Å². The van der Waals surface area contributed by atoms with Crippen LogP contribution >= 0.6 is 0 Å². The molecule has 0 aliphatic heterocycles. The van der Waals surface area contributed by atoms with E-state index in [2.05, 4.69) is 16.4 Å². The lowest BCUT2D eigenvalue weighted by atomic mass is 10.1. The molecule has 0 unspecified atom stereocenters. The third-order valence-corrected chi connectivity index (χ3v) is 6.34. The van der Waals surface area contributed by atoms with Gasteiger partial charge in [-0.15, -0.1) is 5.10 Å². The quantitative estimate of drug-likeness (QED) is 0.257. The van der Waals surface area contributed by atoms with E-state index in [9.17, 15) is 9.18 Å². The standard InChI is InChI=1S/C32H21FN6O2/c33-24-5-3-6-26(17-24)38-20-25(36-37-38)21-41-28-8-4-7-27(18-28)39-31(16-15-22-11-13-23(19-34)14-12-22)35-30-10-2-1-9-29(30)32(39)40/h1-18,20H,21H2/b16-15+. The van der Waals surface area contributed by atoms with Gasteiger partial charge in [-0.05, 0) is 66.2 Å². The predicted molar refractivity (Wildman–Crippen MR) is 153 cm³/mol. The van der Waals surface area contributed by atoms with Gasteiger partial charge in [0.25, 0.3) is 5.56 Å². The lowest BCUT2D eigenvalue weighted by Gasteiger charge is -2.13. The van der Waals surface area contributed by atoms with Crippen molar-refractivity contribution in [3.63, 3.8) is 0 Å². The molecule has 198 valence electrons. The highest BCUT2D eigenvalue weighted by atomic mass is 19.1. The Balaban J connectivity index is 1.31. The lowest BCUT2D eigenvalue weighted by molar-refractivity contribution is 0.301. The fourth-order valence-electron chi connectivity index (χ4n) is 4.33. The van der Waals surface area contributed by atoms with E-state index in [4.69, 9.17) is 15.0 Å². The van der Waals surface area contributed by atoms with Crippen molar-refractivity contribution < 1.29 is 9.13 Å². The van der Waals surface area contributed by atoms with E-state index in [1.807, 2.05) is 30.3 Å². The van der Waals surface area contributed by atoms with E-state index in [0.717, 1.165) is 5.56 Å². The molecule has 0 amide bonds. The second-order valence-corrected chi connectivity index (χ2v) is 9.12. The number of halogens is 1. The van der Waals surface area contributed by atoms with Gasteiger partial charge in [0, 0.05) is 6.07 Å². The summed E-state index contributed by atoms with van der Waals surface area (Å²) in [5, 5.41) is 17.7. The molecule has 0 saturated heterocycles. The maximum atomic E-state index is 13.7. The van der Waals surface area contributed by atoms with E-state index in [1.54, 1.807) is 72.9 Å². The molecule has 9 heteroatoms. The molecular formula is C32H21FN6O2. The Morgan fingerprint density at radius 1 is 0.902 bits per heavy atom. The first-order valence-electron chi connectivity index (χ1n) is 12.7. The summed E-state index contributed by atoms with van der Waals surface area (Å²) in [6.45, 7) is 0.120. The van der Waals surface area contributed by atoms with Gasteiger partial charge in [-0.1, -0.05) is 47.7 Å². The van der Waals surface area contributed by atoms with Gasteiger partial charge in [-0.3, -0.25) is 9.36 Å². The Bertz CT molecular complexity index is 2000. The Labute approximate surface area is 233 Å². The molecular weight excluding hydrogens is 519 g/mol. The summed E-state index contributed by atoms with van der Waals surface area (Å²) in [5.41, 5.74) is 3.48. The Morgan fingerprint density at radius 3 is 2.54 bits per heavy atom. The number of para-hydroxylation sites is 1. The zero-order valence-electron chi connectivity index (χ0n) is 21.6. The molecule has 6 aromatic rings. The number of fused-ring (bicyclic) bond motifs is 1. The van der Waals surface area contributed by atoms with Crippen LogP contribution in [0.5, 0.6) is 5.75 Å². The maximum absolute atomic E-state index is 13.7. The first kappa shape index (κ1) is 25.4. The largest absolute Gasteiger partial charge is 0.487 e. The number of nitriles is 1.